The summed E-state index contributed by atoms with van der Waals surface area (Å²) in [6.07, 6.45) is 1.18. The van der Waals surface area contributed by atoms with Crippen molar-refractivity contribution in [3.63, 3.8) is 0 Å². The zero-order valence-corrected chi connectivity index (χ0v) is 17.9. The van der Waals surface area contributed by atoms with Gasteiger partial charge >= 0.3 is 6.03 Å². The molecular weight excluding hydrogens is 404 g/mol. The highest BCUT2D eigenvalue weighted by molar-refractivity contribution is 7.92. The van der Waals surface area contributed by atoms with Crippen LogP contribution in [0.2, 0.25) is 0 Å². The molecule has 0 aliphatic carbocycles. The van der Waals surface area contributed by atoms with Crippen LogP contribution in [-0.2, 0) is 14.8 Å². The Hall–Kier alpha value is -3.07. The van der Waals surface area contributed by atoms with Crippen LogP contribution in [-0.4, -0.2) is 57.3 Å². The van der Waals surface area contributed by atoms with Crippen LogP contribution < -0.4 is 10.0 Å². The molecular formula is C21H26N4O4S. The molecule has 1 fully saturated rings. The van der Waals surface area contributed by atoms with E-state index in [1.54, 1.807) is 61.5 Å². The predicted molar refractivity (Wildman–Crippen MR) is 116 cm³/mol. The number of carbonyl (C=O) groups is 2. The lowest BCUT2D eigenvalue weighted by atomic mass is 9.96. The summed E-state index contributed by atoms with van der Waals surface area (Å²) < 4.78 is 27.5. The molecule has 2 aromatic rings. The molecule has 0 aromatic heterocycles. The average Bonchev–Trinajstić information content (AvgIpc) is 2.74. The predicted octanol–water partition coefficient (Wildman–Crippen LogP) is 2.82. The zero-order chi connectivity index (χ0) is 21.7. The van der Waals surface area contributed by atoms with Gasteiger partial charge in [-0.25, -0.2) is 13.2 Å². The van der Waals surface area contributed by atoms with Crippen molar-refractivity contribution in [3.8, 4) is 0 Å². The Bertz CT molecular complexity index is 1000. The lowest BCUT2D eigenvalue weighted by Gasteiger charge is -2.33. The molecule has 0 bridgehead atoms. The molecule has 2 aromatic carbocycles. The zero-order valence-electron chi connectivity index (χ0n) is 17.0. The molecule has 3 rings (SSSR count). The van der Waals surface area contributed by atoms with E-state index in [0.717, 1.165) is 0 Å². The number of benzene rings is 2. The van der Waals surface area contributed by atoms with Crippen molar-refractivity contribution < 1.29 is 18.0 Å². The minimum Gasteiger partial charge on any atom is -0.331 e. The van der Waals surface area contributed by atoms with E-state index >= 15 is 0 Å². The summed E-state index contributed by atoms with van der Waals surface area (Å²) >= 11 is 0. The molecule has 1 heterocycles. The number of nitrogens with zero attached hydrogens (tertiary/aromatic N) is 2. The summed E-state index contributed by atoms with van der Waals surface area (Å²) in [5, 5.41) is 2.86. The van der Waals surface area contributed by atoms with Crippen molar-refractivity contribution in [1.29, 1.82) is 0 Å². The molecule has 3 amide bonds. The van der Waals surface area contributed by atoms with Crippen molar-refractivity contribution >= 4 is 33.3 Å². The monoisotopic (exact) mass is 430 g/mol. The highest BCUT2D eigenvalue weighted by atomic mass is 32.2. The first-order valence-corrected chi connectivity index (χ1v) is 11.2. The topological polar surface area (TPSA) is 98.8 Å². The SMILES string of the molecule is CN(C)C(=O)N1CCC(C(=O)Nc2cccc(NS(=O)(=O)c3ccccc3)c2)CC1. The first-order valence-electron chi connectivity index (χ1n) is 9.71. The molecule has 1 aliphatic heterocycles. The van der Waals surface area contributed by atoms with E-state index in [9.17, 15) is 18.0 Å². The Kier molecular flexibility index (Phi) is 6.61. The first-order chi connectivity index (χ1) is 14.3. The fraction of sp³-hybridized carbons (Fsp3) is 0.333. The van der Waals surface area contributed by atoms with Crippen LogP contribution in [0.4, 0.5) is 16.2 Å². The van der Waals surface area contributed by atoms with Crippen LogP contribution in [0.5, 0.6) is 0 Å². The number of amides is 3. The smallest absolute Gasteiger partial charge is 0.319 e. The quantitative estimate of drug-likeness (QED) is 0.762. The van der Waals surface area contributed by atoms with E-state index in [2.05, 4.69) is 10.0 Å². The highest BCUT2D eigenvalue weighted by Gasteiger charge is 2.28. The molecule has 30 heavy (non-hydrogen) atoms. The number of rotatable bonds is 5. The van der Waals surface area contributed by atoms with Crippen LogP contribution in [0, 0.1) is 5.92 Å². The molecule has 0 spiro atoms. The standard InChI is InChI=1S/C21H26N4O4S/c1-24(2)21(27)25-13-11-16(12-14-25)20(26)22-17-7-6-8-18(15-17)23-30(28,29)19-9-4-3-5-10-19/h3-10,15-16,23H,11-14H2,1-2H3,(H,22,26). The Labute approximate surface area is 176 Å². The van der Waals surface area contributed by atoms with Gasteiger partial charge in [-0.3, -0.25) is 9.52 Å². The third-order valence-corrected chi connectivity index (χ3v) is 6.35. The minimum absolute atomic E-state index is 0.0488. The molecule has 9 heteroatoms. The summed E-state index contributed by atoms with van der Waals surface area (Å²) in [7, 11) is -0.288. The van der Waals surface area contributed by atoms with Gasteiger partial charge in [0.1, 0.15) is 0 Å². The minimum atomic E-state index is -3.70. The second-order valence-electron chi connectivity index (χ2n) is 7.43. The van der Waals surface area contributed by atoms with Gasteiger partial charge in [-0.15, -0.1) is 0 Å². The molecule has 0 unspecified atom stereocenters. The van der Waals surface area contributed by atoms with Crippen LogP contribution >= 0.6 is 0 Å². The number of sulfonamides is 1. The normalized spacial score (nSPS) is 14.8. The van der Waals surface area contributed by atoms with Crippen LogP contribution in [0.15, 0.2) is 59.5 Å². The van der Waals surface area contributed by atoms with Crippen molar-refractivity contribution in [1.82, 2.24) is 9.80 Å². The lowest BCUT2D eigenvalue weighted by Crippen LogP contribution is -2.45. The highest BCUT2D eigenvalue weighted by Crippen LogP contribution is 2.23. The third-order valence-electron chi connectivity index (χ3n) is 4.95. The Morgan fingerprint density at radius 2 is 1.60 bits per heavy atom. The second kappa shape index (κ2) is 9.17. The Morgan fingerprint density at radius 3 is 2.23 bits per heavy atom. The summed E-state index contributed by atoms with van der Waals surface area (Å²) in [6, 6.07) is 14.6. The maximum atomic E-state index is 12.6. The summed E-state index contributed by atoms with van der Waals surface area (Å²) in [6.45, 7) is 1.07. The van der Waals surface area contributed by atoms with Gasteiger partial charge in [-0.05, 0) is 43.2 Å². The number of hydrogen-bond acceptors (Lipinski definition) is 4. The van der Waals surface area contributed by atoms with Gasteiger partial charge in [0.15, 0.2) is 0 Å². The number of likely N-dealkylation sites (tertiary alicyclic amines) is 1. The fourth-order valence-corrected chi connectivity index (χ4v) is 4.40. The molecule has 0 radical (unpaired) electrons. The molecule has 160 valence electrons. The summed E-state index contributed by atoms with van der Waals surface area (Å²) in [5.74, 6) is -0.323. The van der Waals surface area contributed by atoms with Gasteiger partial charge in [0.2, 0.25) is 5.91 Å². The summed E-state index contributed by atoms with van der Waals surface area (Å²) in [4.78, 5) is 28.1. The number of anilines is 2. The van der Waals surface area contributed by atoms with Gasteiger partial charge in [-0.1, -0.05) is 24.3 Å². The molecule has 1 aliphatic rings. The number of nitrogens with one attached hydrogen (secondary N) is 2. The van der Waals surface area contributed by atoms with Crippen LogP contribution in [0.25, 0.3) is 0 Å². The fourth-order valence-electron chi connectivity index (χ4n) is 3.33. The van der Waals surface area contributed by atoms with Gasteiger partial charge in [0.25, 0.3) is 10.0 Å². The summed E-state index contributed by atoms with van der Waals surface area (Å²) in [5.41, 5.74) is 0.878. The molecule has 0 atom stereocenters. The van der Waals surface area contributed by atoms with E-state index < -0.39 is 10.0 Å². The van der Waals surface area contributed by atoms with E-state index in [-0.39, 0.29) is 22.8 Å². The number of carbonyl (C=O) groups excluding carboxylic acids is 2. The van der Waals surface area contributed by atoms with E-state index in [1.165, 1.54) is 17.0 Å². The Morgan fingerprint density at radius 1 is 0.967 bits per heavy atom. The first kappa shape index (κ1) is 21.6. The molecule has 1 saturated heterocycles. The van der Waals surface area contributed by atoms with Crippen LogP contribution in [0.1, 0.15) is 12.8 Å². The second-order valence-corrected chi connectivity index (χ2v) is 9.11. The number of piperidine rings is 1. The maximum absolute atomic E-state index is 12.6. The molecule has 2 N–H and O–H groups in total. The van der Waals surface area contributed by atoms with E-state index in [1.807, 2.05) is 0 Å². The largest absolute Gasteiger partial charge is 0.331 e. The maximum Gasteiger partial charge on any atom is 0.319 e. The van der Waals surface area contributed by atoms with Crippen LogP contribution in [0.3, 0.4) is 0 Å². The van der Waals surface area contributed by atoms with Gasteiger partial charge in [-0.2, -0.15) is 0 Å². The van der Waals surface area contributed by atoms with Crippen molar-refractivity contribution in [2.24, 2.45) is 5.92 Å². The van der Waals surface area contributed by atoms with Gasteiger partial charge in [0.05, 0.1) is 10.6 Å². The number of urea groups is 1. The van der Waals surface area contributed by atoms with E-state index in [0.29, 0.717) is 37.3 Å². The van der Waals surface area contributed by atoms with E-state index in [4.69, 9.17) is 0 Å². The van der Waals surface area contributed by atoms with Gasteiger partial charge in [0, 0.05) is 38.8 Å². The number of hydrogen-bond donors (Lipinski definition) is 2. The van der Waals surface area contributed by atoms with Crippen molar-refractivity contribution in [2.45, 2.75) is 17.7 Å². The molecule has 8 nitrogen and oxygen atoms in total. The average molecular weight is 431 g/mol. The Balaban J connectivity index is 1.60. The lowest BCUT2D eigenvalue weighted by molar-refractivity contribution is -0.121. The third kappa shape index (κ3) is 5.29. The van der Waals surface area contributed by atoms with Crippen molar-refractivity contribution in [2.75, 3.05) is 37.2 Å². The van der Waals surface area contributed by atoms with Crippen molar-refractivity contribution in [3.05, 3.63) is 54.6 Å². The molecule has 0 saturated carbocycles. The van der Waals surface area contributed by atoms with Gasteiger partial charge < -0.3 is 15.1 Å².